The van der Waals surface area contributed by atoms with Gasteiger partial charge in [0, 0.05) is 34.7 Å². The molecule has 4 nitrogen and oxygen atoms in total. The Hall–Kier alpha value is -2.24. The molecule has 0 bridgehead atoms. The predicted molar refractivity (Wildman–Crippen MR) is 107 cm³/mol. The Labute approximate surface area is 155 Å². The summed E-state index contributed by atoms with van der Waals surface area (Å²) in [5, 5.41) is 1.13. The molecule has 0 aliphatic rings. The molecule has 0 amide bonds. The van der Waals surface area contributed by atoms with Crippen molar-refractivity contribution >= 4 is 37.9 Å². The topological polar surface area (TPSA) is 34.0 Å². The lowest BCUT2D eigenvalue weighted by Crippen LogP contribution is -2.18. The van der Waals surface area contributed by atoms with Crippen LogP contribution in [-0.4, -0.2) is 40.1 Å². The minimum absolute atomic E-state index is 0.874. The van der Waals surface area contributed by atoms with E-state index in [1.807, 2.05) is 18.3 Å². The van der Waals surface area contributed by atoms with Crippen LogP contribution < -0.4 is 0 Å². The highest BCUT2D eigenvalue weighted by Crippen LogP contribution is 2.30. The standard InChI is InChI=1S/C20H19BrN4/c1-24(2)11-12-25-18-13-15(21)8-9-17(18)23-20(25)16-7-3-5-14-6-4-10-22-19(14)16/h3-10,13H,11-12H2,1-2H3. The molecule has 2 aromatic carbocycles. The molecule has 0 atom stereocenters. The third-order valence-electron chi connectivity index (χ3n) is 4.35. The van der Waals surface area contributed by atoms with Gasteiger partial charge in [-0.15, -0.1) is 0 Å². The van der Waals surface area contributed by atoms with Crippen LogP contribution in [0.15, 0.2) is 59.2 Å². The molecule has 2 aromatic heterocycles. The number of imidazole rings is 1. The van der Waals surface area contributed by atoms with E-state index in [2.05, 4.69) is 80.9 Å². The van der Waals surface area contributed by atoms with Crippen molar-refractivity contribution < 1.29 is 0 Å². The fraction of sp³-hybridized carbons (Fsp3) is 0.200. The monoisotopic (exact) mass is 394 g/mol. The molecule has 0 saturated heterocycles. The lowest BCUT2D eigenvalue weighted by molar-refractivity contribution is 0.387. The number of hydrogen-bond donors (Lipinski definition) is 0. The van der Waals surface area contributed by atoms with Crippen LogP contribution in [0.3, 0.4) is 0 Å². The number of likely N-dealkylation sites (N-methyl/N-ethyl adjacent to an activating group) is 1. The van der Waals surface area contributed by atoms with Crippen LogP contribution in [0.1, 0.15) is 0 Å². The second-order valence-corrected chi connectivity index (χ2v) is 7.32. The molecule has 4 aromatic rings. The van der Waals surface area contributed by atoms with Crippen LogP contribution >= 0.6 is 15.9 Å². The van der Waals surface area contributed by atoms with E-state index in [1.165, 1.54) is 0 Å². The first-order valence-corrected chi connectivity index (χ1v) is 9.07. The quantitative estimate of drug-likeness (QED) is 0.508. The van der Waals surface area contributed by atoms with Crippen molar-refractivity contribution in [2.24, 2.45) is 0 Å². The molecule has 0 aliphatic heterocycles. The maximum atomic E-state index is 4.94. The van der Waals surface area contributed by atoms with Gasteiger partial charge in [-0.1, -0.05) is 34.1 Å². The van der Waals surface area contributed by atoms with Crippen molar-refractivity contribution in [3.63, 3.8) is 0 Å². The minimum Gasteiger partial charge on any atom is -0.323 e. The SMILES string of the molecule is CN(C)CCn1c(-c2cccc3cccnc23)nc2ccc(Br)cc21. The number of para-hydroxylation sites is 1. The van der Waals surface area contributed by atoms with E-state index in [1.54, 1.807) is 0 Å². The van der Waals surface area contributed by atoms with Crippen molar-refractivity contribution in [3.8, 4) is 11.4 Å². The molecule has 2 heterocycles. The summed E-state index contributed by atoms with van der Waals surface area (Å²) in [7, 11) is 4.18. The van der Waals surface area contributed by atoms with Gasteiger partial charge < -0.3 is 9.47 Å². The second-order valence-electron chi connectivity index (χ2n) is 6.40. The smallest absolute Gasteiger partial charge is 0.143 e. The van der Waals surface area contributed by atoms with Crippen LogP contribution in [-0.2, 0) is 6.54 Å². The lowest BCUT2D eigenvalue weighted by Gasteiger charge is -2.14. The summed E-state index contributed by atoms with van der Waals surface area (Å²) in [6, 6.07) is 16.6. The zero-order valence-electron chi connectivity index (χ0n) is 14.3. The first-order valence-electron chi connectivity index (χ1n) is 8.28. The van der Waals surface area contributed by atoms with Crippen molar-refractivity contribution in [1.29, 1.82) is 0 Å². The molecule has 25 heavy (non-hydrogen) atoms. The van der Waals surface area contributed by atoms with E-state index in [9.17, 15) is 0 Å². The van der Waals surface area contributed by atoms with Gasteiger partial charge in [0.2, 0.25) is 0 Å². The van der Waals surface area contributed by atoms with Crippen LogP contribution in [0.2, 0.25) is 0 Å². The Morgan fingerprint density at radius 1 is 1.08 bits per heavy atom. The van der Waals surface area contributed by atoms with E-state index in [4.69, 9.17) is 4.98 Å². The second kappa shape index (κ2) is 6.58. The number of fused-ring (bicyclic) bond motifs is 2. The maximum Gasteiger partial charge on any atom is 0.143 e. The Bertz CT molecular complexity index is 1050. The van der Waals surface area contributed by atoms with Crippen molar-refractivity contribution in [3.05, 3.63) is 59.2 Å². The van der Waals surface area contributed by atoms with Gasteiger partial charge in [-0.2, -0.15) is 0 Å². The Morgan fingerprint density at radius 2 is 1.92 bits per heavy atom. The van der Waals surface area contributed by atoms with Gasteiger partial charge in [0.25, 0.3) is 0 Å². The minimum atomic E-state index is 0.874. The highest BCUT2D eigenvalue weighted by Gasteiger charge is 2.15. The molecule has 0 fully saturated rings. The fourth-order valence-electron chi connectivity index (χ4n) is 3.11. The zero-order valence-corrected chi connectivity index (χ0v) is 15.9. The summed E-state index contributed by atoms with van der Waals surface area (Å²) in [5.74, 6) is 0.972. The largest absolute Gasteiger partial charge is 0.323 e. The molecule has 0 spiro atoms. The summed E-state index contributed by atoms with van der Waals surface area (Å²) >= 11 is 3.59. The third kappa shape index (κ3) is 3.05. The summed E-state index contributed by atoms with van der Waals surface area (Å²) in [6.07, 6.45) is 1.84. The number of benzene rings is 2. The first kappa shape index (κ1) is 16.2. The lowest BCUT2D eigenvalue weighted by atomic mass is 10.1. The number of pyridine rings is 1. The average Bonchev–Trinajstić information content (AvgIpc) is 2.97. The molecule has 5 heteroatoms. The molecule has 4 rings (SSSR count). The van der Waals surface area contributed by atoms with Crippen LogP contribution in [0.5, 0.6) is 0 Å². The fourth-order valence-corrected chi connectivity index (χ4v) is 3.46. The van der Waals surface area contributed by atoms with Gasteiger partial charge in [0.15, 0.2) is 0 Å². The van der Waals surface area contributed by atoms with Crippen molar-refractivity contribution in [2.45, 2.75) is 6.54 Å². The van der Waals surface area contributed by atoms with E-state index in [0.717, 1.165) is 50.9 Å². The third-order valence-corrected chi connectivity index (χ3v) is 4.85. The molecule has 126 valence electrons. The molecule has 0 radical (unpaired) electrons. The van der Waals surface area contributed by atoms with E-state index < -0.39 is 0 Å². The van der Waals surface area contributed by atoms with E-state index >= 15 is 0 Å². The van der Waals surface area contributed by atoms with Crippen LogP contribution in [0.25, 0.3) is 33.3 Å². The van der Waals surface area contributed by atoms with E-state index in [-0.39, 0.29) is 0 Å². The Kier molecular flexibility index (Phi) is 4.27. The number of hydrogen-bond acceptors (Lipinski definition) is 3. The van der Waals surface area contributed by atoms with Gasteiger partial charge >= 0.3 is 0 Å². The van der Waals surface area contributed by atoms with Gasteiger partial charge in [-0.3, -0.25) is 4.98 Å². The molecule has 0 saturated carbocycles. The van der Waals surface area contributed by atoms with Crippen molar-refractivity contribution in [2.75, 3.05) is 20.6 Å². The summed E-state index contributed by atoms with van der Waals surface area (Å²) in [6.45, 7) is 1.82. The maximum absolute atomic E-state index is 4.94. The Balaban J connectivity index is 1.98. The van der Waals surface area contributed by atoms with Gasteiger partial charge in [0.1, 0.15) is 5.82 Å². The number of nitrogens with zero attached hydrogens (tertiary/aromatic N) is 4. The molecular weight excluding hydrogens is 376 g/mol. The summed E-state index contributed by atoms with van der Waals surface area (Å²) in [5.41, 5.74) is 4.21. The van der Waals surface area contributed by atoms with Gasteiger partial charge in [0.05, 0.1) is 16.6 Å². The average molecular weight is 395 g/mol. The molecule has 0 aliphatic carbocycles. The molecule has 0 unspecified atom stereocenters. The molecule has 0 N–H and O–H groups in total. The van der Waals surface area contributed by atoms with Gasteiger partial charge in [-0.25, -0.2) is 4.98 Å². The van der Waals surface area contributed by atoms with Crippen molar-refractivity contribution in [1.82, 2.24) is 19.4 Å². The Morgan fingerprint density at radius 3 is 2.76 bits per heavy atom. The summed E-state index contributed by atoms with van der Waals surface area (Å²) in [4.78, 5) is 11.7. The highest BCUT2D eigenvalue weighted by atomic mass is 79.9. The molecular formula is C20H19BrN4. The number of rotatable bonds is 4. The predicted octanol–water partition coefficient (Wildman–Crippen LogP) is 4.58. The van der Waals surface area contributed by atoms with E-state index in [0.29, 0.717) is 0 Å². The number of aromatic nitrogens is 3. The van der Waals surface area contributed by atoms with Gasteiger partial charge in [-0.05, 0) is 44.4 Å². The van der Waals surface area contributed by atoms with Crippen LogP contribution in [0.4, 0.5) is 0 Å². The zero-order chi connectivity index (χ0) is 17.4. The normalized spacial score (nSPS) is 11.7. The first-order chi connectivity index (χ1) is 12.1. The number of halogens is 1. The highest BCUT2D eigenvalue weighted by molar-refractivity contribution is 9.10. The summed E-state index contributed by atoms with van der Waals surface area (Å²) < 4.78 is 3.36. The van der Waals surface area contributed by atoms with Crippen LogP contribution in [0, 0.1) is 0 Å².